The fourth-order valence-electron chi connectivity index (χ4n) is 10.5. The van der Waals surface area contributed by atoms with E-state index >= 15 is 0 Å². The molecule has 2 aliphatic heterocycles. The fourth-order valence-corrected chi connectivity index (χ4v) is 20.7. The van der Waals surface area contributed by atoms with Crippen molar-refractivity contribution in [3.05, 3.63) is 72.8 Å². The van der Waals surface area contributed by atoms with Crippen LogP contribution >= 0.6 is 0 Å². The van der Waals surface area contributed by atoms with Crippen molar-refractivity contribution < 1.29 is 28.2 Å². The van der Waals surface area contributed by atoms with E-state index in [2.05, 4.69) is 163 Å². The van der Waals surface area contributed by atoms with Gasteiger partial charge in [0.25, 0.3) is 8.32 Å². The number of benzene rings is 2. The molecule has 8 heteroatoms. The molecule has 328 valence electrons. The van der Waals surface area contributed by atoms with Crippen LogP contribution in [-0.4, -0.2) is 78.2 Å². The maximum absolute atomic E-state index is 10.1. The minimum Gasteiger partial charge on any atom is -0.410 e. The van der Waals surface area contributed by atoms with E-state index in [0.717, 1.165) is 44.9 Å². The van der Waals surface area contributed by atoms with Gasteiger partial charge in [0.1, 0.15) is 0 Å². The van der Waals surface area contributed by atoms with Crippen molar-refractivity contribution in [3.8, 4) is 0 Å². The Labute approximate surface area is 357 Å². The van der Waals surface area contributed by atoms with E-state index in [-0.39, 0.29) is 59.8 Å². The molecular weight excluding hydrogens is 753 g/mol. The largest absolute Gasteiger partial charge is 0.410 e. The highest BCUT2D eigenvalue weighted by Gasteiger charge is 2.52. The third-order valence-electron chi connectivity index (χ3n) is 13.3. The smallest absolute Gasteiger partial charge is 0.261 e. The molecule has 2 aliphatic rings. The van der Waals surface area contributed by atoms with Crippen LogP contribution in [-0.2, 0) is 23.1 Å². The number of aliphatic hydroxyl groups is 1. The number of allylic oxidation sites excluding steroid dienone is 1. The molecule has 0 bridgehead atoms. The van der Waals surface area contributed by atoms with Crippen LogP contribution in [0, 0.1) is 11.3 Å². The summed E-state index contributed by atoms with van der Waals surface area (Å²) in [7, 11) is -3.03. The number of rotatable bonds is 19. The molecule has 4 rings (SSSR count). The van der Waals surface area contributed by atoms with E-state index in [1.807, 2.05) is 7.11 Å². The van der Waals surface area contributed by atoms with E-state index in [4.69, 9.17) is 23.1 Å². The molecule has 0 aromatic heterocycles. The number of ether oxygens (including phenoxy) is 3. The number of methoxy groups -OCH3 is 1. The zero-order valence-electron chi connectivity index (χ0n) is 39.1. The predicted molar refractivity (Wildman–Crippen MR) is 248 cm³/mol. The second kappa shape index (κ2) is 21.4. The van der Waals surface area contributed by atoms with Gasteiger partial charge in [0.05, 0.1) is 42.7 Å². The van der Waals surface area contributed by atoms with Crippen molar-refractivity contribution >= 4 is 27.0 Å². The molecule has 0 aliphatic carbocycles. The fraction of sp³-hybridized carbons (Fsp3) is 0.720. The molecule has 0 amide bonds. The van der Waals surface area contributed by atoms with Gasteiger partial charge >= 0.3 is 0 Å². The second-order valence-electron chi connectivity index (χ2n) is 20.9. The lowest BCUT2D eigenvalue weighted by atomic mass is 9.87. The van der Waals surface area contributed by atoms with Gasteiger partial charge < -0.3 is 28.2 Å². The Morgan fingerprint density at radius 3 is 1.78 bits per heavy atom. The summed E-state index contributed by atoms with van der Waals surface area (Å²) in [4.78, 5) is 0. The highest BCUT2D eigenvalue weighted by atomic mass is 28.4. The first-order valence-corrected chi connectivity index (χ1v) is 26.9. The molecule has 1 N–H and O–H groups in total. The van der Waals surface area contributed by atoms with E-state index in [0.29, 0.717) is 29.0 Å². The average Bonchev–Trinajstić information content (AvgIpc) is 3.15. The monoisotopic (exact) mass is 837 g/mol. The molecule has 2 aromatic rings. The normalized spacial score (nSPS) is 25.2. The van der Waals surface area contributed by atoms with E-state index in [9.17, 15) is 5.11 Å². The van der Waals surface area contributed by atoms with Crippen molar-refractivity contribution in [2.75, 3.05) is 13.7 Å². The molecule has 0 spiro atoms. The number of hydrogen-bond donors (Lipinski definition) is 1. The summed E-state index contributed by atoms with van der Waals surface area (Å²) in [5.74, 6) is 0.439. The van der Waals surface area contributed by atoms with Crippen molar-refractivity contribution in [2.24, 2.45) is 11.3 Å². The molecule has 0 unspecified atom stereocenters. The summed E-state index contributed by atoms with van der Waals surface area (Å²) < 4.78 is 35.3. The lowest BCUT2D eigenvalue weighted by Gasteiger charge is -2.47. The summed E-state index contributed by atoms with van der Waals surface area (Å²) >= 11 is 0. The van der Waals surface area contributed by atoms with Crippen LogP contribution in [0.25, 0.3) is 0 Å². The van der Waals surface area contributed by atoms with Gasteiger partial charge in [-0.25, -0.2) is 0 Å². The maximum Gasteiger partial charge on any atom is 0.261 e. The molecule has 0 saturated carbocycles. The Balaban J connectivity index is 1.54. The second-order valence-corrected chi connectivity index (χ2v) is 30.5. The summed E-state index contributed by atoms with van der Waals surface area (Å²) in [5, 5.41) is 12.6. The van der Waals surface area contributed by atoms with Gasteiger partial charge in [0.15, 0.2) is 0 Å². The van der Waals surface area contributed by atoms with Crippen LogP contribution in [0.15, 0.2) is 72.8 Å². The van der Waals surface area contributed by atoms with Gasteiger partial charge in [-0.2, -0.15) is 0 Å². The van der Waals surface area contributed by atoms with Crippen LogP contribution in [0.1, 0.15) is 141 Å². The lowest BCUT2D eigenvalue weighted by Crippen LogP contribution is -2.68. The lowest BCUT2D eigenvalue weighted by molar-refractivity contribution is -0.130. The van der Waals surface area contributed by atoms with Crippen molar-refractivity contribution in [1.29, 1.82) is 0 Å². The summed E-state index contributed by atoms with van der Waals surface area (Å²) in [6.45, 7) is 30.5. The van der Waals surface area contributed by atoms with Crippen LogP contribution in [0.5, 0.6) is 0 Å². The Morgan fingerprint density at radius 1 is 0.741 bits per heavy atom. The van der Waals surface area contributed by atoms with Gasteiger partial charge in [-0.15, -0.1) is 0 Å². The molecule has 2 saturated heterocycles. The topological polar surface area (TPSA) is 66.4 Å². The van der Waals surface area contributed by atoms with Crippen LogP contribution in [0.4, 0.5) is 0 Å². The van der Waals surface area contributed by atoms with Crippen LogP contribution in [0.2, 0.25) is 21.7 Å². The summed E-state index contributed by atoms with van der Waals surface area (Å²) in [6, 6.07) is 21.8. The van der Waals surface area contributed by atoms with E-state index in [1.54, 1.807) is 0 Å². The van der Waals surface area contributed by atoms with E-state index in [1.165, 1.54) is 10.4 Å². The van der Waals surface area contributed by atoms with Gasteiger partial charge in [0, 0.05) is 26.6 Å². The first-order valence-electron chi connectivity index (χ1n) is 22.9. The first-order chi connectivity index (χ1) is 27.2. The quantitative estimate of drug-likeness (QED) is 0.112. The van der Waals surface area contributed by atoms with Gasteiger partial charge in [0.2, 0.25) is 8.32 Å². The molecule has 0 radical (unpaired) electrons. The molecule has 2 fully saturated rings. The zero-order valence-corrected chi connectivity index (χ0v) is 41.1. The minimum atomic E-state index is -2.77. The molecule has 2 heterocycles. The third-order valence-corrected chi connectivity index (χ3v) is 24.5. The third kappa shape index (κ3) is 12.5. The Morgan fingerprint density at radius 2 is 1.29 bits per heavy atom. The number of hydrogen-bond acceptors (Lipinski definition) is 6. The molecule has 58 heavy (non-hydrogen) atoms. The van der Waals surface area contributed by atoms with Crippen molar-refractivity contribution in [3.63, 3.8) is 0 Å². The predicted octanol–water partition coefficient (Wildman–Crippen LogP) is 11.4. The Kier molecular flexibility index (Phi) is 18.1. The minimum absolute atomic E-state index is 0.00961. The maximum atomic E-state index is 10.1. The van der Waals surface area contributed by atoms with Gasteiger partial charge in [-0.05, 0) is 81.9 Å². The molecule has 2 aromatic carbocycles. The average molecular weight is 837 g/mol. The highest BCUT2D eigenvalue weighted by Crippen LogP contribution is 2.45. The molecule has 6 nitrogen and oxygen atoms in total. The SMILES string of the molecule is CO[C@@H](C[C@@H]1C[C@@H](O[Si](c2ccccc2)(c2ccccc2)C(C)(C)C)C[C@H](CCO)O1)C[C@H]1O[C@H](C[C@@H](/C=C/C(C)(C)C)O[Si](C(C)C)(C(C)C)C(C)C)CC[C@@H]1C. The Bertz CT molecular complexity index is 1440. The van der Waals surface area contributed by atoms with Crippen LogP contribution in [0.3, 0.4) is 0 Å². The van der Waals surface area contributed by atoms with Crippen LogP contribution < -0.4 is 10.4 Å². The summed E-state index contributed by atoms with van der Waals surface area (Å²) in [6.07, 6.45) is 11.6. The van der Waals surface area contributed by atoms with Gasteiger partial charge in [-0.1, -0.05) is 163 Å². The van der Waals surface area contributed by atoms with E-state index < -0.39 is 16.6 Å². The Hall–Kier alpha value is -1.63. The molecular formula is C50H84O6Si2. The van der Waals surface area contributed by atoms with Crippen molar-refractivity contribution in [2.45, 2.75) is 206 Å². The molecule has 8 atom stereocenters. The summed E-state index contributed by atoms with van der Waals surface area (Å²) in [5.41, 5.74) is 1.64. The standard InChI is InChI=1S/C50H84O6Si2/c1-36(2)57(37(3)4,38(5)6)55-42(27-29-49(8,9)10)31-40-26-25-39(7)48(54-40)35-43(52-14)33-44-34-45(32-41(53-44)28-30-51)56-58(50(11,12)13,46-21-17-15-18-22-46)47-23-19-16-20-24-47/h15-24,27,29,36-45,48,51H,25-26,28,30-35H2,1-14H3/b29-27+/t39-,40-,41-,42+,43-,44+,45-,48+/m0/s1. The highest BCUT2D eigenvalue weighted by molar-refractivity contribution is 6.99. The first kappa shape index (κ1) is 49.0. The van der Waals surface area contributed by atoms with Crippen molar-refractivity contribution in [1.82, 2.24) is 0 Å². The van der Waals surface area contributed by atoms with Gasteiger partial charge in [-0.3, -0.25) is 0 Å². The zero-order chi connectivity index (χ0) is 42.9. The number of aliphatic hydroxyl groups excluding tert-OH is 1.